The summed E-state index contributed by atoms with van der Waals surface area (Å²) in [6.45, 7) is 3.68. The predicted octanol–water partition coefficient (Wildman–Crippen LogP) is 4.96. The number of aliphatic carboxylic acids is 1. The van der Waals surface area contributed by atoms with Gasteiger partial charge in [-0.1, -0.05) is 31.2 Å². The third kappa shape index (κ3) is 7.34. The summed E-state index contributed by atoms with van der Waals surface area (Å²) in [6.07, 6.45) is -2.27. The van der Waals surface area contributed by atoms with Gasteiger partial charge in [-0.25, -0.2) is 13.6 Å². The van der Waals surface area contributed by atoms with Crippen LogP contribution in [0.3, 0.4) is 0 Å². The van der Waals surface area contributed by atoms with E-state index in [4.69, 9.17) is 15.2 Å². The highest BCUT2D eigenvalue weighted by molar-refractivity contribution is 8.24. The van der Waals surface area contributed by atoms with E-state index in [-0.39, 0.29) is 36.8 Å². The van der Waals surface area contributed by atoms with Crippen LogP contribution in [0, 0.1) is 18.6 Å². The van der Waals surface area contributed by atoms with Gasteiger partial charge >= 0.3 is 5.97 Å². The molecule has 1 unspecified atom stereocenters. The summed E-state index contributed by atoms with van der Waals surface area (Å²) in [5.41, 5.74) is 8.31. The Morgan fingerprint density at radius 1 is 1.07 bits per heavy atom. The highest BCUT2D eigenvalue weighted by Crippen LogP contribution is 2.40. The zero-order valence-electron chi connectivity index (χ0n) is 23.2. The Morgan fingerprint density at radius 2 is 1.76 bits per heavy atom. The molecule has 0 saturated carbocycles. The molecule has 0 radical (unpaired) electrons. The largest absolute Gasteiger partial charge is 0.479 e. The number of nitrogens with zero attached hydrogens (tertiary/aromatic N) is 2. The molecule has 0 bridgehead atoms. The molecule has 1 fully saturated rings. The summed E-state index contributed by atoms with van der Waals surface area (Å²) < 4.78 is 62.1. The Hall–Kier alpha value is -3.78. The maximum absolute atomic E-state index is 15.8. The van der Waals surface area contributed by atoms with Gasteiger partial charge < -0.3 is 25.2 Å². The van der Waals surface area contributed by atoms with Gasteiger partial charge in [-0.2, -0.15) is 15.6 Å². The Kier molecular flexibility index (Phi) is 9.67. The van der Waals surface area contributed by atoms with Gasteiger partial charge in [0.05, 0.1) is 17.9 Å². The lowest BCUT2D eigenvalue weighted by Gasteiger charge is -2.41. The quantitative estimate of drug-likeness (QED) is 0.251. The van der Waals surface area contributed by atoms with E-state index in [2.05, 4.69) is 4.98 Å². The summed E-state index contributed by atoms with van der Waals surface area (Å²) in [5.74, 6) is -6.03. The van der Waals surface area contributed by atoms with Gasteiger partial charge in [0, 0.05) is 25.2 Å². The van der Waals surface area contributed by atoms with E-state index in [1.165, 1.54) is 11.8 Å². The highest BCUT2D eigenvalue weighted by atomic mass is 32.3. The van der Waals surface area contributed by atoms with E-state index in [1.54, 1.807) is 12.1 Å². The SMILES string of the molecule is CCC(Oc1nc(Oc2cc(C)cc(-c3cccc(CN)c3)c2)c(F)c(CC(=O)N2CCS(O)(O)CC2)c1F)C(=O)O. The molecule has 3 aromatic rings. The number of carboxylic acids is 1. The number of benzene rings is 2. The van der Waals surface area contributed by atoms with Crippen LogP contribution in [0.1, 0.15) is 30.0 Å². The van der Waals surface area contributed by atoms with Crippen molar-refractivity contribution >= 4 is 22.5 Å². The molecule has 2 heterocycles. The van der Waals surface area contributed by atoms with Crippen LogP contribution < -0.4 is 15.2 Å². The van der Waals surface area contributed by atoms with Crippen molar-refractivity contribution in [2.75, 3.05) is 24.6 Å². The van der Waals surface area contributed by atoms with Gasteiger partial charge in [-0.3, -0.25) is 13.9 Å². The third-order valence-corrected chi connectivity index (χ3v) is 8.50. The fourth-order valence-corrected chi connectivity index (χ4v) is 5.72. The smallest absolute Gasteiger partial charge is 0.344 e. The number of ether oxygens (including phenoxy) is 2. The average molecular weight is 606 g/mol. The zero-order valence-corrected chi connectivity index (χ0v) is 24.0. The minimum atomic E-state index is -2.80. The number of aromatic nitrogens is 1. The molecule has 1 saturated heterocycles. The Bertz CT molecular complexity index is 1480. The molecule has 1 aromatic heterocycles. The number of pyridine rings is 1. The molecule has 5 N–H and O–H groups in total. The maximum Gasteiger partial charge on any atom is 0.344 e. The van der Waals surface area contributed by atoms with Crippen molar-refractivity contribution < 1.29 is 42.1 Å². The monoisotopic (exact) mass is 605 g/mol. The van der Waals surface area contributed by atoms with Gasteiger partial charge in [0.2, 0.25) is 5.91 Å². The minimum Gasteiger partial charge on any atom is -0.479 e. The van der Waals surface area contributed by atoms with Crippen molar-refractivity contribution in [2.24, 2.45) is 5.73 Å². The standard InChI is InChI=1S/C29H33F2N3O7S/c1-3-23(29(36)37)41-28-26(31)22(15-24(35)34-7-9-42(38,39)10-8-34)25(30)27(33-28)40-21-12-17(2)11-20(14-21)19-6-4-5-18(13-19)16-32/h4-6,11-14,23,38-39H,3,7-10,15-16,32H2,1-2H3,(H,36,37). The minimum absolute atomic E-state index is 0.0105. The Labute approximate surface area is 243 Å². The number of nitrogens with two attached hydrogens (primary N) is 1. The lowest BCUT2D eigenvalue weighted by atomic mass is 10.0. The van der Waals surface area contributed by atoms with E-state index in [0.29, 0.717) is 6.54 Å². The molecule has 0 spiro atoms. The zero-order chi connectivity index (χ0) is 30.6. The normalized spacial score (nSPS) is 16.0. The number of carbonyl (C=O) groups is 2. The van der Waals surface area contributed by atoms with Gasteiger partial charge in [0.1, 0.15) is 5.75 Å². The van der Waals surface area contributed by atoms with Crippen LogP contribution in [-0.4, -0.2) is 66.7 Å². The number of rotatable bonds is 10. The van der Waals surface area contributed by atoms with Crippen molar-refractivity contribution in [3.8, 4) is 28.6 Å². The number of carbonyl (C=O) groups excluding carboxylic acids is 1. The molecule has 4 rings (SSSR count). The summed E-state index contributed by atoms with van der Waals surface area (Å²) in [6, 6.07) is 12.7. The molecule has 1 aliphatic rings. The first-order valence-electron chi connectivity index (χ1n) is 13.3. The topological polar surface area (TPSA) is 155 Å². The number of amides is 1. The summed E-state index contributed by atoms with van der Waals surface area (Å²) in [7, 11) is -2.80. The number of hydrogen-bond donors (Lipinski definition) is 4. The van der Waals surface area contributed by atoms with Crippen LogP contribution >= 0.6 is 10.6 Å². The maximum atomic E-state index is 15.8. The second-order valence-electron chi connectivity index (χ2n) is 9.99. The van der Waals surface area contributed by atoms with Crippen LogP contribution in [0.15, 0.2) is 42.5 Å². The van der Waals surface area contributed by atoms with Gasteiger partial charge in [0.25, 0.3) is 11.8 Å². The summed E-state index contributed by atoms with van der Waals surface area (Å²) in [5, 5.41) is 9.43. The fourth-order valence-electron chi connectivity index (χ4n) is 4.49. The van der Waals surface area contributed by atoms with Crippen molar-refractivity contribution in [1.82, 2.24) is 9.88 Å². The molecule has 0 aliphatic carbocycles. The molecule has 226 valence electrons. The second-order valence-corrected chi connectivity index (χ2v) is 12.4. The first-order valence-corrected chi connectivity index (χ1v) is 15.2. The third-order valence-electron chi connectivity index (χ3n) is 6.83. The van der Waals surface area contributed by atoms with Gasteiger partial charge in [-0.15, -0.1) is 0 Å². The number of carboxylic acid groups (broad SMARTS) is 1. The molecule has 42 heavy (non-hydrogen) atoms. The van der Waals surface area contributed by atoms with Crippen molar-refractivity contribution in [3.05, 3.63) is 70.8 Å². The van der Waals surface area contributed by atoms with E-state index < -0.39 is 63.9 Å². The van der Waals surface area contributed by atoms with Crippen molar-refractivity contribution in [1.29, 1.82) is 0 Å². The van der Waals surface area contributed by atoms with Crippen molar-refractivity contribution in [3.63, 3.8) is 0 Å². The summed E-state index contributed by atoms with van der Waals surface area (Å²) in [4.78, 5) is 29.7. The van der Waals surface area contributed by atoms with Crippen LogP contribution in [0.25, 0.3) is 11.1 Å². The number of hydrogen-bond acceptors (Lipinski definition) is 8. The van der Waals surface area contributed by atoms with Crippen LogP contribution in [-0.2, 0) is 22.6 Å². The van der Waals surface area contributed by atoms with Crippen LogP contribution in [0.4, 0.5) is 8.78 Å². The highest BCUT2D eigenvalue weighted by Gasteiger charge is 2.31. The second kappa shape index (κ2) is 13.0. The van der Waals surface area contributed by atoms with Crippen LogP contribution in [0.5, 0.6) is 17.5 Å². The molecular weight excluding hydrogens is 572 g/mol. The van der Waals surface area contributed by atoms with E-state index >= 15 is 8.78 Å². The number of aryl methyl sites for hydroxylation is 1. The first-order chi connectivity index (χ1) is 19.9. The lowest BCUT2D eigenvalue weighted by molar-refractivity contribution is -0.145. The van der Waals surface area contributed by atoms with Crippen molar-refractivity contribution in [2.45, 2.75) is 39.3 Å². The fraction of sp³-hybridized carbons (Fsp3) is 0.345. The molecule has 10 nitrogen and oxygen atoms in total. The molecule has 1 atom stereocenters. The molecule has 13 heteroatoms. The van der Waals surface area contributed by atoms with Gasteiger partial charge in [0.15, 0.2) is 17.7 Å². The molecule has 1 aliphatic heterocycles. The van der Waals surface area contributed by atoms with E-state index in [1.807, 2.05) is 37.3 Å². The molecule has 1 amide bonds. The van der Waals surface area contributed by atoms with E-state index in [0.717, 1.165) is 22.3 Å². The summed E-state index contributed by atoms with van der Waals surface area (Å²) >= 11 is 0. The Morgan fingerprint density at radius 3 is 2.40 bits per heavy atom. The lowest BCUT2D eigenvalue weighted by Crippen LogP contribution is -2.43. The van der Waals surface area contributed by atoms with E-state index in [9.17, 15) is 23.8 Å². The van der Waals surface area contributed by atoms with Crippen LogP contribution in [0.2, 0.25) is 0 Å². The predicted molar refractivity (Wildman–Crippen MR) is 154 cm³/mol. The first kappa shape index (κ1) is 31.2. The average Bonchev–Trinajstić information content (AvgIpc) is 2.95. The Balaban J connectivity index is 1.72. The molecular formula is C29H33F2N3O7S. The molecule has 2 aromatic carbocycles. The van der Waals surface area contributed by atoms with Gasteiger partial charge in [-0.05, 0) is 53.8 Å². The number of halogens is 2.